The number of piperazine rings is 1. The predicted molar refractivity (Wildman–Crippen MR) is 131 cm³/mol. The number of thiophene rings is 1. The average molecular weight is 445 g/mol. The van der Waals surface area contributed by atoms with E-state index in [0.29, 0.717) is 0 Å². The number of fused-ring (bicyclic) bond motifs is 1. The molecule has 3 heterocycles. The van der Waals surface area contributed by atoms with Crippen molar-refractivity contribution in [3.05, 3.63) is 81.9 Å². The molecule has 1 aliphatic heterocycles. The van der Waals surface area contributed by atoms with Crippen LogP contribution in [0.2, 0.25) is 0 Å². The SMILES string of the molecule is Cc1ccc(CN2CCN(C(=O)c3cc4c(C)nn(-c5ccccc5)c4s3)CC2)c(C)c1. The lowest BCUT2D eigenvalue weighted by atomic mass is 10.1. The first kappa shape index (κ1) is 20.9. The second-order valence-electron chi connectivity index (χ2n) is 8.66. The Hall–Kier alpha value is -2.96. The predicted octanol–water partition coefficient (Wildman–Crippen LogP) is 4.97. The zero-order valence-corrected chi connectivity index (χ0v) is 19.7. The average Bonchev–Trinajstić information content (AvgIpc) is 3.37. The van der Waals surface area contributed by atoms with E-state index in [9.17, 15) is 4.79 Å². The van der Waals surface area contributed by atoms with E-state index in [2.05, 4.69) is 36.9 Å². The Labute approximate surface area is 192 Å². The zero-order chi connectivity index (χ0) is 22.2. The van der Waals surface area contributed by atoms with Gasteiger partial charge in [-0.2, -0.15) is 5.10 Å². The van der Waals surface area contributed by atoms with E-state index < -0.39 is 0 Å². The van der Waals surface area contributed by atoms with Crippen LogP contribution in [0.3, 0.4) is 0 Å². The Morgan fingerprint density at radius 2 is 1.72 bits per heavy atom. The Bertz CT molecular complexity index is 1270. The first-order chi connectivity index (χ1) is 15.5. The third-order valence-electron chi connectivity index (χ3n) is 6.31. The van der Waals surface area contributed by atoms with E-state index in [-0.39, 0.29) is 5.91 Å². The minimum absolute atomic E-state index is 0.136. The van der Waals surface area contributed by atoms with E-state index in [1.165, 1.54) is 16.7 Å². The lowest BCUT2D eigenvalue weighted by molar-refractivity contribution is 0.0633. The quantitative estimate of drug-likeness (QED) is 0.446. The van der Waals surface area contributed by atoms with Gasteiger partial charge in [0.15, 0.2) is 0 Å². The van der Waals surface area contributed by atoms with Crippen LogP contribution in [0.4, 0.5) is 0 Å². The Balaban J connectivity index is 1.29. The van der Waals surface area contributed by atoms with Gasteiger partial charge in [-0.25, -0.2) is 4.68 Å². The number of aromatic nitrogens is 2. The summed E-state index contributed by atoms with van der Waals surface area (Å²) in [6.45, 7) is 10.6. The van der Waals surface area contributed by atoms with Crippen LogP contribution in [-0.2, 0) is 6.54 Å². The lowest BCUT2D eigenvalue weighted by Crippen LogP contribution is -2.48. The van der Waals surface area contributed by atoms with Crippen molar-refractivity contribution >= 4 is 27.5 Å². The summed E-state index contributed by atoms with van der Waals surface area (Å²) in [6, 6.07) is 18.8. The molecular weight excluding hydrogens is 416 g/mol. The number of carbonyl (C=O) groups excluding carboxylic acids is 1. The molecule has 5 nitrogen and oxygen atoms in total. The summed E-state index contributed by atoms with van der Waals surface area (Å²) < 4.78 is 1.95. The van der Waals surface area contributed by atoms with Gasteiger partial charge in [-0.15, -0.1) is 11.3 Å². The fraction of sp³-hybridized carbons (Fsp3) is 0.308. The molecule has 0 atom stereocenters. The Morgan fingerprint density at radius 1 is 0.969 bits per heavy atom. The second-order valence-corrected chi connectivity index (χ2v) is 9.69. The fourth-order valence-electron chi connectivity index (χ4n) is 4.43. The number of benzene rings is 2. The van der Waals surface area contributed by atoms with Crippen LogP contribution in [0.25, 0.3) is 15.9 Å². The van der Waals surface area contributed by atoms with E-state index in [0.717, 1.165) is 59.2 Å². The smallest absolute Gasteiger partial charge is 0.264 e. The van der Waals surface area contributed by atoms with Crippen molar-refractivity contribution in [2.24, 2.45) is 0 Å². The summed E-state index contributed by atoms with van der Waals surface area (Å²) in [4.78, 5) is 19.6. The number of hydrogen-bond acceptors (Lipinski definition) is 4. The van der Waals surface area contributed by atoms with Crippen LogP contribution >= 0.6 is 11.3 Å². The van der Waals surface area contributed by atoms with Crippen molar-refractivity contribution in [2.75, 3.05) is 26.2 Å². The third kappa shape index (κ3) is 3.96. The summed E-state index contributed by atoms with van der Waals surface area (Å²) in [5.41, 5.74) is 6.00. The number of para-hydroxylation sites is 1. The molecule has 1 aliphatic rings. The van der Waals surface area contributed by atoms with Gasteiger partial charge in [0.05, 0.1) is 16.3 Å². The van der Waals surface area contributed by atoms with Crippen LogP contribution in [0.5, 0.6) is 0 Å². The van der Waals surface area contributed by atoms with Gasteiger partial charge < -0.3 is 4.90 Å². The molecule has 0 unspecified atom stereocenters. The highest BCUT2D eigenvalue weighted by Gasteiger charge is 2.25. The van der Waals surface area contributed by atoms with Crippen molar-refractivity contribution < 1.29 is 4.79 Å². The van der Waals surface area contributed by atoms with Crippen molar-refractivity contribution in [1.29, 1.82) is 0 Å². The van der Waals surface area contributed by atoms with E-state index >= 15 is 0 Å². The summed E-state index contributed by atoms with van der Waals surface area (Å²) in [6.07, 6.45) is 0. The molecule has 5 rings (SSSR count). The minimum atomic E-state index is 0.136. The monoisotopic (exact) mass is 444 g/mol. The Kier molecular flexibility index (Phi) is 5.57. The van der Waals surface area contributed by atoms with Gasteiger partial charge >= 0.3 is 0 Å². The highest BCUT2D eigenvalue weighted by molar-refractivity contribution is 7.20. The number of hydrogen-bond donors (Lipinski definition) is 0. The van der Waals surface area contributed by atoms with Crippen molar-refractivity contribution in [2.45, 2.75) is 27.3 Å². The maximum absolute atomic E-state index is 13.3. The minimum Gasteiger partial charge on any atom is -0.335 e. The standard InChI is InChI=1S/C26H28N4OS/c1-18-9-10-21(19(2)15-18)17-28-11-13-29(14-12-28)25(31)24-16-23-20(3)27-30(26(23)32-24)22-7-5-4-6-8-22/h4-10,15-16H,11-14,17H2,1-3H3. The molecular formula is C26H28N4OS. The molecule has 1 saturated heterocycles. The van der Waals surface area contributed by atoms with Gasteiger partial charge in [-0.3, -0.25) is 9.69 Å². The van der Waals surface area contributed by atoms with Gasteiger partial charge in [-0.05, 0) is 50.1 Å². The number of aryl methyl sites for hydroxylation is 3. The second kappa shape index (κ2) is 8.52. The van der Waals surface area contributed by atoms with Crippen molar-refractivity contribution in [1.82, 2.24) is 19.6 Å². The Morgan fingerprint density at radius 3 is 2.44 bits per heavy atom. The molecule has 0 N–H and O–H groups in total. The van der Waals surface area contributed by atoms with Gasteiger partial charge in [0, 0.05) is 38.1 Å². The van der Waals surface area contributed by atoms with Gasteiger partial charge in [0.2, 0.25) is 0 Å². The molecule has 0 bridgehead atoms. The maximum Gasteiger partial charge on any atom is 0.264 e. The molecule has 164 valence electrons. The normalized spacial score (nSPS) is 14.9. The molecule has 32 heavy (non-hydrogen) atoms. The highest BCUT2D eigenvalue weighted by atomic mass is 32.1. The van der Waals surface area contributed by atoms with E-state index in [1.54, 1.807) is 11.3 Å². The number of carbonyl (C=O) groups is 1. The fourth-order valence-corrected chi connectivity index (χ4v) is 5.58. The molecule has 0 spiro atoms. The van der Waals surface area contributed by atoms with Gasteiger partial charge in [0.1, 0.15) is 4.83 Å². The van der Waals surface area contributed by atoms with E-state index in [4.69, 9.17) is 5.10 Å². The molecule has 2 aromatic carbocycles. The molecule has 0 saturated carbocycles. The number of rotatable bonds is 4. The van der Waals surface area contributed by atoms with Crippen LogP contribution in [0, 0.1) is 20.8 Å². The molecule has 6 heteroatoms. The van der Waals surface area contributed by atoms with Crippen LogP contribution in [0.15, 0.2) is 54.6 Å². The molecule has 1 amide bonds. The number of nitrogens with zero attached hydrogens (tertiary/aromatic N) is 4. The molecule has 2 aromatic heterocycles. The molecule has 1 fully saturated rings. The molecule has 4 aromatic rings. The number of amides is 1. The third-order valence-corrected chi connectivity index (χ3v) is 7.41. The first-order valence-electron chi connectivity index (χ1n) is 11.1. The largest absolute Gasteiger partial charge is 0.335 e. The van der Waals surface area contributed by atoms with Gasteiger partial charge in [-0.1, -0.05) is 42.0 Å². The van der Waals surface area contributed by atoms with Crippen molar-refractivity contribution in [3.8, 4) is 5.69 Å². The molecule has 0 radical (unpaired) electrons. The highest BCUT2D eigenvalue weighted by Crippen LogP contribution is 2.31. The lowest BCUT2D eigenvalue weighted by Gasteiger charge is -2.34. The maximum atomic E-state index is 13.3. The molecule has 0 aliphatic carbocycles. The van der Waals surface area contributed by atoms with E-state index in [1.807, 2.05) is 52.9 Å². The van der Waals surface area contributed by atoms with Gasteiger partial charge in [0.25, 0.3) is 5.91 Å². The topological polar surface area (TPSA) is 41.4 Å². The summed E-state index contributed by atoms with van der Waals surface area (Å²) in [5, 5.41) is 5.76. The van der Waals surface area contributed by atoms with Crippen LogP contribution < -0.4 is 0 Å². The summed E-state index contributed by atoms with van der Waals surface area (Å²) in [5.74, 6) is 0.136. The van der Waals surface area contributed by atoms with Crippen LogP contribution in [-0.4, -0.2) is 51.7 Å². The first-order valence-corrected chi connectivity index (χ1v) is 11.9. The van der Waals surface area contributed by atoms with Crippen molar-refractivity contribution in [3.63, 3.8) is 0 Å². The van der Waals surface area contributed by atoms with Crippen LogP contribution in [0.1, 0.15) is 32.1 Å². The summed E-state index contributed by atoms with van der Waals surface area (Å²) >= 11 is 1.54. The summed E-state index contributed by atoms with van der Waals surface area (Å²) in [7, 11) is 0. The zero-order valence-electron chi connectivity index (χ0n) is 18.8.